The number of carbonyl (C=O) groups excluding carboxylic acids is 1. The molecule has 0 bridgehead atoms. The summed E-state index contributed by atoms with van der Waals surface area (Å²) in [6.07, 6.45) is -14.2. The first-order valence-electron chi connectivity index (χ1n) is 9.16. The van der Waals surface area contributed by atoms with Gasteiger partial charge < -0.3 is 10.1 Å². The predicted octanol–water partition coefficient (Wildman–Crippen LogP) is 6.23. The van der Waals surface area contributed by atoms with Gasteiger partial charge in [0.25, 0.3) is 0 Å². The third-order valence-corrected chi connectivity index (χ3v) is 5.05. The molecule has 1 heterocycles. The van der Waals surface area contributed by atoms with Crippen molar-refractivity contribution in [1.29, 1.82) is 0 Å². The Bertz CT molecular complexity index is 870. The Morgan fingerprint density at radius 2 is 1.24 bits per heavy atom. The molecule has 34 heavy (non-hydrogen) atoms. The van der Waals surface area contributed by atoms with Crippen LogP contribution >= 0.6 is 0 Å². The van der Waals surface area contributed by atoms with E-state index < -0.39 is 66.9 Å². The summed E-state index contributed by atoms with van der Waals surface area (Å²) in [4.78, 5) is 11.4. The molecule has 1 aromatic rings. The van der Waals surface area contributed by atoms with Crippen LogP contribution in [-0.4, -0.2) is 54.0 Å². The highest BCUT2D eigenvalue weighted by Crippen LogP contribution is 2.60. The summed E-state index contributed by atoms with van der Waals surface area (Å²) in [5.74, 6) is -37.1. The number of alkyl halides is 13. The normalized spacial score (nSPS) is 20.8. The monoisotopic (exact) mass is 523 g/mol. The summed E-state index contributed by atoms with van der Waals surface area (Å²) in [7, 11) is 0. The van der Waals surface area contributed by atoms with Crippen LogP contribution in [0.2, 0.25) is 0 Å². The Kier molecular flexibility index (Phi) is 7.09. The summed E-state index contributed by atoms with van der Waals surface area (Å²) in [6.45, 7) is 0. The predicted molar refractivity (Wildman–Crippen MR) is 87.4 cm³/mol. The maximum Gasteiger partial charge on any atom is 0.460 e. The highest BCUT2D eigenvalue weighted by atomic mass is 19.4. The van der Waals surface area contributed by atoms with Crippen LogP contribution in [0.1, 0.15) is 18.4 Å². The first kappa shape index (κ1) is 27.8. The lowest BCUT2D eigenvalue weighted by molar-refractivity contribution is -0.440. The van der Waals surface area contributed by atoms with Crippen LogP contribution in [-0.2, 0) is 11.2 Å². The van der Waals surface area contributed by atoms with Gasteiger partial charge in [-0.2, -0.15) is 57.1 Å². The van der Waals surface area contributed by atoms with Crippen molar-refractivity contribution in [1.82, 2.24) is 5.32 Å². The Balaban J connectivity index is 2.24. The molecule has 3 nitrogen and oxygen atoms in total. The number of halogens is 13. The van der Waals surface area contributed by atoms with Crippen molar-refractivity contribution in [2.45, 2.75) is 67.2 Å². The number of rotatable bonds is 9. The quantitative estimate of drug-likeness (QED) is 0.390. The minimum Gasteiger partial charge on any atom is -0.444 e. The number of benzene rings is 1. The number of alkyl carbamates (subject to hydrolysis) is 1. The second-order valence-corrected chi connectivity index (χ2v) is 7.42. The van der Waals surface area contributed by atoms with Crippen molar-refractivity contribution in [3.05, 3.63) is 35.9 Å². The van der Waals surface area contributed by atoms with E-state index in [1.165, 1.54) is 24.3 Å². The van der Waals surface area contributed by atoms with Gasteiger partial charge in [-0.15, -0.1) is 0 Å². The number of amides is 1. The molecule has 0 radical (unpaired) electrons. The Labute approximate surface area is 182 Å². The minimum absolute atomic E-state index is 0.120. The lowest BCUT2D eigenvalue weighted by Crippen LogP contribution is -2.70. The molecule has 0 aromatic heterocycles. The van der Waals surface area contributed by atoms with Gasteiger partial charge in [-0.1, -0.05) is 30.3 Å². The van der Waals surface area contributed by atoms with Gasteiger partial charge in [0, 0.05) is 6.42 Å². The average Bonchev–Trinajstić information content (AvgIpc) is 3.04. The Morgan fingerprint density at radius 1 is 0.735 bits per heavy atom. The second-order valence-electron chi connectivity index (χ2n) is 7.42. The summed E-state index contributed by atoms with van der Waals surface area (Å²) in [5.41, 5.74) is 0.487. The van der Waals surface area contributed by atoms with Crippen molar-refractivity contribution >= 4 is 6.09 Å². The zero-order chi connectivity index (χ0) is 26.4. The highest BCUT2D eigenvalue weighted by molar-refractivity contribution is 5.70. The lowest BCUT2D eigenvalue weighted by atomic mass is 9.90. The van der Waals surface area contributed by atoms with Crippen molar-refractivity contribution in [3.63, 3.8) is 0 Å². The van der Waals surface area contributed by atoms with E-state index in [2.05, 4.69) is 10.1 Å². The standard InChI is InChI=1S/C18H14F13NO2/c19-13(20,14(21,22)15(23,24)16(25,26)17(27,28)18(29,30)31)7-6-11-10(32-12(33)34-11)8-9-4-2-1-3-5-9/h1-5,10-11H,6-8H2,(H,32,33)/t10-,11+/m1/s1. The third-order valence-electron chi connectivity index (χ3n) is 5.05. The van der Waals surface area contributed by atoms with E-state index in [1.54, 1.807) is 6.07 Å². The number of hydrogen-bond acceptors (Lipinski definition) is 2. The van der Waals surface area contributed by atoms with E-state index in [-0.39, 0.29) is 6.42 Å². The van der Waals surface area contributed by atoms with Gasteiger partial charge in [-0.25, -0.2) is 4.79 Å². The number of cyclic esters (lactones) is 1. The van der Waals surface area contributed by atoms with Gasteiger partial charge in [-0.3, -0.25) is 0 Å². The Hall–Kier alpha value is -2.42. The average molecular weight is 523 g/mol. The SMILES string of the molecule is O=C1N[C@H](Cc2ccccc2)[C@H](CCC(F)(F)C(F)(F)C(F)(F)C(F)(F)C(F)(F)C(F)(F)F)O1. The van der Waals surface area contributed by atoms with E-state index in [4.69, 9.17) is 0 Å². The minimum atomic E-state index is -7.94. The van der Waals surface area contributed by atoms with E-state index in [0.29, 0.717) is 5.56 Å². The van der Waals surface area contributed by atoms with E-state index >= 15 is 0 Å². The third kappa shape index (κ3) is 4.59. The molecule has 0 unspecified atom stereocenters. The molecular formula is C18H14F13NO2. The van der Waals surface area contributed by atoms with Crippen molar-refractivity contribution in [3.8, 4) is 0 Å². The van der Waals surface area contributed by atoms with E-state index in [1.807, 2.05) is 0 Å². The van der Waals surface area contributed by atoms with Crippen LogP contribution in [0.15, 0.2) is 30.3 Å². The van der Waals surface area contributed by atoms with Crippen LogP contribution in [0, 0.1) is 0 Å². The van der Waals surface area contributed by atoms with Gasteiger partial charge in [0.2, 0.25) is 0 Å². The van der Waals surface area contributed by atoms with Crippen LogP contribution in [0.5, 0.6) is 0 Å². The highest BCUT2D eigenvalue weighted by Gasteiger charge is 2.90. The molecule has 16 heteroatoms. The number of ether oxygens (including phenoxy) is 1. The molecular weight excluding hydrogens is 509 g/mol. The van der Waals surface area contributed by atoms with Crippen molar-refractivity contribution in [2.75, 3.05) is 0 Å². The van der Waals surface area contributed by atoms with Crippen molar-refractivity contribution in [2.24, 2.45) is 0 Å². The summed E-state index contributed by atoms with van der Waals surface area (Å²) in [5, 5.41) is 2.13. The van der Waals surface area contributed by atoms with Crippen LogP contribution in [0.3, 0.4) is 0 Å². The topological polar surface area (TPSA) is 38.3 Å². The molecule has 1 aliphatic heterocycles. The lowest BCUT2D eigenvalue weighted by Gasteiger charge is -2.40. The zero-order valence-electron chi connectivity index (χ0n) is 16.4. The van der Waals surface area contributed by atoms with Crippen molar-refractivity contribution < 1.29 is 66.6 Å². The van der Waals surface area contributed by atoms with E-state index in [0.717, 1.165) is 0 Å². The molecule has 0 aliphatic carbocycles. The summed E-state index contributed by atoms with van der Waals surface area (Å²) < 4.78 is 176. The molecule has 2 atom stereocenters. The maximum absolute atomic E-state index is 14.0. The second kappa shape index (κ2) is 8.66. The number of carbonyl (C=O) groups is 1. The smallest absolute Gasteiger partial charge is 0.444 e. The summed E-state index contributed by atoms with van der Waals surface area (Å²) >= 11 is 0. The zero-order valence-corrected chi connectivity index (χ0v) is 16.4. The fraction of sp³-hybridized carbons (Fsp3) is 0.611. The molecule has 1 fully saturated rings. The van der Waals surface area contributed by atoms with E-state index in [9.17, 15) is 61.9 Å². The fourth-order valence-corrected chi connectivity index (χ4v) is 3.09. The number of nitrogens with one attached hydrogen (secondary N) is 1. The molecule has 1 N–H and O–H groups in total. The molecule has 194 valence electrons. The number of hydrogen-bond donors (Lipinski definition) is 1. The Morgan fingerprint density at radius 3 is 1.74 bits per heavy atom. The molecule has 1 saturated heterocycles. The van der Waals surface area contributed by atoms with Gasteiger partial charge in [-0.05, 0) is 18.4 Å². The molecule has 1 aromatic carbocycles. The molecule has 1 aliphatic rings. The van der Waals surface area contributed by atoms with Gasteiger partial charge in [0.1, 0.15) is 6.10 Å². The fourth-order valence-electron chi connectivity index (χ4n) is 3.09. The van der Waals surface area contributed by atoms with Crippen LogP contribution in [0.4, 0.5) is 61.9 Å². The van der Waals surface area contributed by atoms with Gasteiger partial charge in [0.05, 0.1) is 6.04 Å². The molecule has 0 spiro atoms. The largest absolute Gasteiger partial charge is 0.460 e. The van der Waals surface area contributed by atoms with Gasteiger partial charge >= 0.3 is 41.9 Å². The molecule has 0 saturated carbocycles. The van der Waals surface area contributed by atoms with Crippen LogP contribution in [0.25, 0.3) is 0 Å². The summed E-state index contributed by atoms with van der Waals surface area (Å²) in [6, 6.07) is 6.52. The van der Waals surface area contributed by atoms with Crippen LogP contribution < -0.4 is 5.32 Å². The van der Waals surface area contributed by atoms with Gasteiger partial charge in [0.15, 0.2) is 0 Å². The maximum atomic E-state index is 14.0. The molecule has 1 amide bonds. The first-order valence-corrected chi connectivity index (χ1v) is 9.16. The first-order chi connectivity index (χ1) is 15.2. The molecule has 2 rings (SSSR count).